The molecule has 1 atom stereocenters. The molecule has 5 nitrogen and oxygen atoms in total. The Balaban J connectivity index is 2.59. The average Bonchev–Trinajstić information content (AvgIpc) is 2.44. The third-order valence-corrected chi connectivity index (χ3v) is 2.86. The molecule has 0 aliphatic rings. The summed E-state index contributed by atoms with van der Waals surface area (Å²) in [7, 11) is 3.16. The zero-order valence-corrected chi connectivity index (χ0v) is 11.7. The van der Waals surface area contributed by atoms with E-state index in [0.717, 1.165) is 5.56 Å². The van der Waals surface area contributed by atoms with E-state index in [0.29, 0.717) is 31.0 Å². The van der Waals surface area contributed by atoms with Crippen LogP contribution in [0.3, 0.4) is 0 Å². The van der Waals surface area contributed by atoms with Crippen LogP contribution in [0.1, 0.15) is 12.5 Å². The van der Waals surface area contributed by atoms with Gasteiger partial charge in [-0.15, -0.1) is 0 Å². The number of ether oxygens (including phenoxy) is 2. The van der Waals surface area contributed by atoms with Crippen LogP contribution in [0.2, 0.25) is 0 Å². The maximum atomic E-state index is 11.8. The molecule has 1 amide bonds. The normalized spacial score (nSPS) is 11.8. The Hall–Kier alpha value is -1.75. The van der Waals surface area contributed by atoms with Gasteiger partial charge in [0.15, 0.2) is 11.5 Å². The summed E-state index contributed by atoms with van der Waals surface area (Å²) in [6.45, 7) is 3.16. The summed E-state index contributed by atoms with van der Waals surface area (Å²) in [5.41, 5.74) is 6.38. The first-order chi connectivity index (χ1) is 9.10. The van der Waals surface area contributed by atoms with Crippen LogP contribution < -0.4 is 20.5 Å². The largest absolute Gasteiger partial charge is 0.493 e. The first kappa shape index (κ1) is 15.3. The van der Waals surface area contributed by atoms with E-state index in [1.165, 1.54) is 0 Å². The maximum Gasteiger partial charge on any atom is 0.224 e. The van der Waals surface area contributed by atoms with Gasteiger partial charge in [-0.1, -0.05) is 13.0 Å². The summed E-state index contributed by atoms with van der Waals surface area (Å²) in [5.74, 6) is 1.55. The second-order valence-corrected chi connectivity index (χ2v) is 4.51. The van der Waals surface area contributed by atoms with Crippen LogP contribution in [0.5, 0.6) is 11.5 Å². The summed E-state index contributed by atoms with van der Waals surface area (Å²) in [6, 6.07) is 5.46. The predicted octanol–water partition coefficient (Wildman–Crippen LogP) is 0.957. The van der Waals surface area contributed by atoms with E-state index < -0.39 is 0 Å². The van der Waals surface area contributed by atoms with Gasteiger partial charge < -0.3 is 20.5 Å². The van der Waals surface area contributed by atoms with E-state index in [9.17, 15) is 4.79 Å². The van der Waals surface area contributed by atoms with Crippen LogP contribution in [0.4, 0.5) is 0 Å². The minimum Gasteiger partial charge on any atom is -0.493 e. The van der Waals surface area contributed by atoms with Gasteiger partial charge in [0.2, 0.25) is 5.91 Å². The molecule has 0 spiro atoms. The standard InChI is InChI=1S/C14H22N2O3/c1-10(8-15)9-16-14(17)7-11-4-5-12(18-2)13(6-11)19-3/h4-6,10H,7-9,15H2,1-3H3,(H,16,17). The minimum absolute atomic E-state index is 0.0208. The predicted molar refractivity (Wildman–Crippen MR) is 74.5 cm³/mol. The Bertz CT molecular complexity index is 421. The molecule has 106 valence electrons. The number of benzene rings is 1. The van der Waals surface area contributed by atoms with E-state index >= 15 is 0 Å². The van der Waals surface area contributed by atoms with Gasteiger partial charge in [-0.05, 0) is 30.2 Å². The van der Waals surface area contributed by atoms with Crippen molar-refractivity contribution in [1.29, 1.82) is 0 Å². The summed E-state index contributed by atoms with van der Waals surface area (Å²) in [5, 5.41) is 2.86. The monoisotopic (exact) mass is 266 g/mol. The fourth-order valence-electron chi connectivity index (χ4n) is 1.61. The molecule has 0 radical (unpaired) electrons. The molecular formula is C14H22N2O3. The van der Waals surface area contributed by atoms with Crippen molar-refractivity contribution in [3.8, 4) is 11.5 Å². The molecule has 0 saturated heterocycles. The van der Waals surface area contributed by atoms with Crippen LogP contribution >= 0.6 is 0 Å². The van der Waals surface area contributed by atoms with Gasteiger partial charge in [-0.25, -0.2) is 0 Å². The third kappa shape index (κ3) is 4.79. The van der Waals surface area contributed by atoms with Crippen LogP contribution in [0.15, 0.2) is 18.2 Å². The lowest BCUT2D eigenvalue weighted by atomic mass is 10.1. The lowest BCUT2D eigenvalue weighted by molar-refractivity contribution is -0.120. The molecule has 19 heavy (non-hydrogen) atoms. The van der Waals surface area contributed by atoms with Gasteiger partial charge in [0.25, 0.3) is 0 Å². The Labute approximate surface area is 114 Å². The quantitative estimate of drug-likeness (QED) is 0.771. The molecular weight excluding hydrogens is 244 g/mol. The Morgan fingerprint density at radius 3 is 2.58 bits per heavy atom. The second-order valence-electron chi connectivity index (χ2n) is 4.51. The highest BCUT2D eigenvalue weighted by atomic mass is 16.5. The van der Waals surface area contributed by atoms with Crippen LogP contribution in [0, 0.1) is 5.92 Å². The van der Waals surface area contributed by atoms with Crippen molar-refractivity contribution < 1.29 is 14.3 Å². The van der Waals surface area contributed by atoms with Crippen molar-refractivity contribution in [3.05, 3.63) is 23.8 Å². The van der Waals surface area contributed by atoms with Crippen molar-refractivity contribution in [2.24, 2.45) is 11.7 Å². The molecule has 1 aromatic carbocycles. The minimum atomic E-state index is -0.0208. The fourth-order valence-corrected chi connectivity index (χ4v) is 1.61. The van der Waals surface area contributed by atoms with Crippen molar-refractivity contribution in [2.75, 3.05) is 27.3 Å². The Kier molecular flexibility index (Phi) is 6.15. The van der Waals surface area contributed by atoms with Gasteiger partial charge in [0.05, 0.1) is 20.6 Å². The van der Waals surface area contributed by atoms with Gasteiger partial charge in [0, 0.05) is 6.54 Å². The number of carbonyl (C=O) groups excluding carboxylic acids is 1. The molecule has 3 N–H and O–H groups in total. The van der Waals surface area contributed by atoms with Crippen molar-refractivity contribution in [3.63, 3.8) is 0 Å². The average molecular weight is 266 g/mol. The van der Waals surface area contributed by atoms with Crippen LogP contribution in [-0.4, -0.2) is 33.2 Å². The molecule has 0 fully saturated rings. The fraction of sp³-hybridized carbons (Fsp3) is 0.500. The maximum absolute atomic E-state index is 11.8. The van der Waals surface area contributed by atoms with Crippen molar-refractivity contribution in [1.82, 2.24) is 5.32 Å². The number of nitrogens with one attached hydrogen (secondary N) is 1. The highest BCUT2D eigenvalue weighted by molar-refractivity contribution is 5.78. The second kappa shape index (κ2) is 7.63. The molecule has 1 rings (SSSR count). The molecule has 0 aromatic heterocycles. The van der Waals surface area contributed by atoms with Crippen molar-refractivity contribution in [2.45, 2.75) is 13.3 Å². The molecule has 1 aromatic rings. The zero-order valence-electron chi connectivity index (χ0n) is 11.7. The SMILES string of the molecule is COc1ccc(CC(=O)NCC(C)CN)cc1OC. The summed E-state index contributed by atoms with van der Waals surface area (Å²) in [4.78, 5) is 11.8. The summed E-state index contributed by atoms with van der Waals surface area (Å²) >= 11 is 0. The van der Waals surface area contributed by atoms with E-state index in [2.05, 4.69) is 5.32 Å². The number of hydrogen-bond donors (Lipinski definition) is 2. The molecule has 0 bridgehead atoms. The Morgan fingerprint density at radius 1 is 1.32 bits per heavy atom. The number of amides is 1. The third-order valence-electron chi connectivity index (χ3n) is 2.86. The lowest BCUT2D eigenvalue weighted by Gasteiger charge is -2.11. The molecule has 0 aliphatic carbocycles. The zero-order chi connectivity index (χ0) is 14.3. The number of hydrogen-bond acceptors (Lipinski definition) is 4. The summed E-state index contributed by atoms with van der Waals surface area (Å²) in [6.07, 6.45) is 0.317. The van der Waals surface area contributed by atoms with E-state index in [4.69, 9.17) is 15.2 Å². The molecule has 0 aliphatic heterocycles. The highest BCUT2D eigenvalue weighted by Crippen LogP contribution is 2.27. The van der Waals surface area contributed by atoms with E-state index in [1.807, 2.05) is 19.1 Å². The number of carbonyl (C=O) groups is 1. The van der Waals surface area contributed by atoms with Crippen LogP contribution in [0.25, 0.3) is 0 Å². The van der Waals surface area contributed by atoms with Gasteiger partial charge in [-0.3, -0.25) is 4.79 Å². The Morgan fingerprint density at radius 2 is 2.00 bits per heavy atom. The topological polar surface area (TPSA) is 73.6 Å². The van der Waals surface area contributed by atoms with E-state index in [-0.39, 0.29) is 11.8 Å². The van der Waals surface area contributed by atoms with Gasteiger partial charge in [-0.2, -0.15) is 0 Å². The van der Waals surface area contributed by atoms with Gasteiger partial charge in [0.1, 0.15) is 0 Å². The van der Waals surface area contributed by atoms with E-state index in [1.54, 1.807) is 20.3 Å². The van der Waals surface area contributed by atoms with Crippen LogP contribution in [-0.2, 0) is 11.2 Å². The first-order valence-electron chi connectivity index (χ1n) is 6.28. The smallest absolute Gasteiger partial charge is 0.224 e. The molecule has 0 saturated carbocycles. The lowest BCUT2D eigenvalue weighted by Crippen LogP contribution is -2.32. The molecule has 0 heterocycles. The number of methoxy groups -OCH3 is 2. The number of rotatable bonds is 7. The van der Waals surface area contributed by atoms with Crippen molar-refractivity contribution >= 4 is 5.91 Å². The molecule has 5 heteroatoms. The summed E-state index contributed by atoms with van der Waals surface area (Å²) < 4.78 is 10.4. The number of nitrogens with two attached hydrogens (primary N) is 1. The van der Waals surface area contributed by atoms with Gasteiger partial charge >= 0.3 is 0 Å². The molecule has 1 unspecified atom stereocenters. The first-order valence-corrected chi connectivity index (χ1v) is 6.28. The highest BCUT2D eigenvalue weighted by Gasteiger charge is 2.09.